The molecule has 1 saturated carbocycles. The number of halogens is 3. The van der Waals surface area contributed by atoms with E-state index in [9.17, 15) is 13.9 Å². The van der Waals surface area contributed by atoms with Crippen LogP contribution >= 0.6 is 27.3 Å². The minimum atomic E-state index is -2.49. The fourth-order valence-corrected chi connectivity index (χ4v) is 4.49. The molecule has 2 aromatic rings. The van der Waals surface area contributed by atoms with E-state index in [1.54, 1.807) is 18.3 Å². The molecule has 4 nitrogen and oxygen atoms in total. The van der Waals surface area contributed by atoms with E-state index in [2.05, 4.69) is 25.9 Å². The van der Waals surface area contributed by atoms with Crippen molar-refractivity contribution in [1.29, 1.82) is 0 Å². The van der Waals surface area contributed by atoms with Gasteiger partial charge >= 0.3 is 0 Å². The number of hydrogen-bond acceptors (Lipinski definition) is 5. The Morgan fingerprint density at radius 1 is 1.39 bits per heavy atom. The maximum atomic E-state index is 13.3. The summed E-state index contributed by atoms with van der Waals surface area (Å²) in [4.78, 5) is 10.6. The first kappa shape index (κ1) is 15.4. The van der Waals surface area contributed by atoms with Crippen molar-refractivity contribution in [2.24, 2.45) is 11.8 Å². The Morgan fingerprint density at radius 2 is 2.09 bits per heavy atom. The Bertz CT molecular complexity index is 755. The summed E-state index contributed by atoms with van der Waals surface area (Å²) in [5.41, 5.74) is 1.37. The lowest BCUT2D eigenvalue weighted by Crippen LogP contribution is -2.28. The summed E-state index contributed by atoms with van der Waals surface area (Å²) >= 11 is 4.70. The van der Waals surface area contributed by atoms with E-state index in [1.165, 1.54) is 11.3 Å². The lowest BCUT2D eigenvalue weighted by Gasteiger charge is -2.22. The average molecular weight is 402 g/mol. The second-order valence-electron chi connectivity index (χ2n) is 6.04. The second kappa shape index (κ2) is 5.19. The number of alkyl halides is 2. The summed E-state index contributed by atoms with van der Waals surface area (Å²) < 4.78 is 27.4. The Balaban J connectivity index is 1.54. The van der Waals surface area contributed by atoms with Crippen LogP contribution in [-0.4, -0.2) is 34.1 Å². The Hall–Kier alpha value is -1.12. The first-order chi connectivity index (χ1) is 10.9. The normalized spacial score (nSPS) is 26.2. The number of rotatable bonds is 3. The van der Waals surface area contributed by atoms with E-state index in [-0.39, 0.29) is 0 Å². The van der Waals surface area contributed by atoms with Crippen LogP contribution in [0.25, 0.3) is 0 Å². The number of piperidine rings is 1. The van der Waals surface area contributed by atoms with E-state index in [1.807, 2.05) is 11.8 Å². The molecule has 2 aromatic heterocycles. The molecule has 1 aliphatic heterocycles. The lowest BCUT2D eigenvalue weighted by atomic mass is 10.1. The summed E-state index contributed by atoms with van der Waals surface area (Å²) in [5.74, 6) is -2.84. The third-order valence-electron chi connectivity index (χ3n) is 4.66. The van der Waals surface area contributed by atoms with Crippen LogP contribution in [0.3, 0.4) is 0 Å². The first-order valence-electron chi connectivity index (χ1n) is 7.27. The fraction of sp³-hybridized carbons (Fsp3) is 0.467. The molecule has 2 fully saturated rings. The van der Waals surface area contributed by atoms with E-state index < -0.39 is 23.9 Å². The van der Waals surface area contributed by atoms with Crippen molar-refractivity contribution in [3.05, 3.63) is 38.4 Å². The van der Waals surface area contributed by atoms with Crippen LogP contribution < -0.4 is 4.90 Å². The van der Waals surface area contributed by atoms with E-state index in [0.717, 1.165) is 3.79 Å². The minimum absolute atomic E-state index is 0.353. The topological polar surface area (TPSA) is 49.2 Å². The van der Waals surface area contributed by atoms with Gasteiger partial charge in [0.2, 0.25) is 0 Å². The summed E-state index contributed by atoms with van der Waals surface area (Å²) in [6.45, 7) is 2.52. The summed E-state index contributed by atoms with van der Waals surface area (Å²) in [7, 11) is 0. The largest absolute Gasteiger partial charge is 0.381 e. The van der Waals surface area contributed by atoms with Gasteiger partial charge in [-0.25, -0.2) is 18.7 Å². The first-order valence-corrected chi connectivity index (χ1v) is 8.88. The molecular weight excluding hydrogens is 388 g/mol. The standard InChI is InChI=1S/C15H14BrF2N3OS/c1-7-8(13(22)14-19-4-11(16)23-14)2-3-12(20-7)21-5-9-10(6-21)15(9,17)18/h2-4,9-10,13,22H,5-6H2,1H3. The summed E-state index contributed by atoms with van der Waals surface area (Å²) in [5, 5.41) is 11.0. The van der Waals surface area contributed by atoms with Crippen molar-refractivity contribution in [3.63, 3.8) is 0 Å². The third-order valence-corrected chi connectivity index (χ3v) is 6.19. The Labute approximate surface area is 144 Å². The molecule has 1 saturated heterocycles. The highest BCUT2D eigenvalue weighted by Gasteiger charge is 2.71. The van der Waals surface area contributed by atoms with Crippen molar-refractivity contribution in [2.45, 2.75) is 19.0 Å². The zero-order chi connectivity index (χ0) is 16.4. The van der Waals surface area contributed by atoms with E-state index in [0.29, 0.717) is 35.2 Å². The van der Waals surface area contributed by atoms with Crippen LogP contribution in [0.2, 0.25) is 0 Å². The third kappa shape index (κ3) is 2.47. The molecule has 2 aliphatic rings. The van der Waals surface area contributed by atoms with Gasteiger partial charge in [0.05, 0.1) is 21.8 Å². The summed E-state index contributed by atoms with van der Waals surface area (Å²) in [6, 6.07) is 3.59. The van der Waals surface area contributed by atoms with E-state index >= 15 is 0 Å². The van der Waals surface area contributed by atoms with Gasteiger partial charge in [-0.05, 0) is 28.9 Å². The van der Waals surface area contributed by atoms with Crippen LogP contribution in [-0.2, 0) is 0 Å². The van der Waals surface area contributed by atoms with Crippen molar-refractivity contribution >= 4 is 33.1 Å². The van der Waals surface area contributed by atoms with Crippen LogP contribution in [0.15, 0.2) is 22.1 Å². The van der Waals surface area contributed by atoms with Crippen molar-refractivity contribution in [1.82, 2.24) is 9.97 Å². The molecule has 0 bridgehead atoms. The second-order valence-corrected chi connectivity index (χ2v) is 8.48. The molecular formula is C15H14BrF2N3OS. The predicted octanol–water partition coefficient (Wildman–Crippen LogP) is 3.39. The van der Waals surface area contributed by atoms with Crippen molar-refractivity contribution in [3.8, 4) is 0 Å². The van der Waals surface area contributed by atoms with Crippen molar-refractivity contribution in [2.75, 3.05) is 18.0 Å². The highest BCUT2D eigenvalue weighted by atomic mass is 79.9. The zero-order valence-electron chi connectivity index (χ0n) is 12.2. The molecule has 122 valence electrons. The number of aryl methyl sites for hydroxylation is 1. The number of pyridine rings is 1. The molecule has 3 atom stereocenters. The van der Waals surface area contributed by atoms with Gasteiger partial charge in [0.25, 0.3) is 5.92 Å². The fourth-order valence-electron chi connectivity index (χ4n) is 3.25. The van der Waals surface area contributed by atoms with Gasteiger partial charge in [0, 0.05) is 24.3 Å². The maximum Gasteiger partial charge on any atom is 0.258 e. The molecule has 23 heavy (non-hydrogen) atoms. The smallest absolute Gasteiger partial charge is 0.258 e. The quantitative estimate of drug-likeness (QED) is 0.855. The van der Waals surface area contributed by atoms with Crippen molar-refractivity contribution < 1.29 is 13.9 Å². The average Bonchev–Trinajstić information content (AvgIpc) is 2.96. The predicted molar refractivity (Wildman–Crippen MR) is 87.0 cm³/mol. The Morgan fingerprint density at radius 3 is 2.65 bits per heavy atom. The SMILES string of the molecule is Cc1nc(N2CC3C(C2)C3(F)F)ccc1C(O)c1ncc(Br)s1. The molecule has 3 heterocycles. The van der Waals surface area contributed by atoms with Crippen LogP contribution in [0, 0.1) is 18.8 Å². The van der Waals surface area contributed by atoms with Gasteiger partial charge in [-0.2, -0.15) is 0 Å². The number of anilines is 1. The molecule has 0 spiro atoms. The molecule has 8 heteroatoms. The molecule has 3 unspecified atom stereocenters. The van der Waals surface area contributed by atoms with Gasteiger partial charge in [-0.15, -0.1) is 11.3 Å². The van der Waals surface area contributed by atoms with Gasteiger partial charge in [-0.1, -0.05) is 6.07 Å². The highest BCUT2D eigenvalue weighted by molar-refractivity contribution is 9.11. The number of hydrogen-bond donors (Lipinski definition) is 1. The maximum absolute atomic E-state index is 13.3. The lowest BCUT2D eigenvalue weighted by molar-refractivity contribution is 0.0797. The van der Waals surface area contributed by atoms with Crippen LogP contribution in [0.1, 0.15) is 22.4 Å². The number of nitrogens with zero attached hydrogens (tertiary/aromatic N) is 3. The zero-order valence-corrected chi connectivity index (χ0v) is 14.6. The van der Waals surface area contributed by atoms with Gasteiger partial charge in [0.15, 0.2) is 0 Å². The number of aliphatic hydroxyl groups is 1. The highest BCUT2D eigenvalue weighted by Crippen LogP contribution is 2.59. The molecule has 0 radical (unpaired) electrons. The van der Waals surface area contributed by atoms with Gasteiger partial charge < -0.3 is 10.0 Å². The molecule has 4 rings (SSSR count). The summed E-state index contributed by atoms with van der Waals surface area (Å²) in [6.07, 6.45) is 0.820. The number of thiazole rings is 1. The monoisotopic (exact) mass is 401 g/mol. The molecule has 1 N–H and O–H groups in total. The Kier molecular flexibility index (Phi) is 3.48. The minimum Gasteiger partial charge on any atom is -0.381 e. The van der Waals surface area contributed by atoms with Gasteiger partial charge in [0.1, 0.15) is 16.9 Å². The van der Waals surface area contributed by atoms with Crippen LogP contribution in [0.5, 0.6) is 0 Å². The van der Waals surface area contributed by atoms with E-state index in [4.69, 9.17) is 0 Å². The number of aliphatic hydroxyl groups excluding tert-OH is 1. The van der Waals surface area contributed by atoms with Crippen LogP contribution in [0.4, 0.5) is 14.6 Å². The molecule has 0 aromatic carbocycles. The number of aromatic nitrogens is 2. The molecule has 1 aliphatic carbocycles. The van der Waals surface area contributed by atoms with Gasteiger partial charge in [-0.3, -0.25) is 0 Å². The molecule has 0 amide bonds. The number of fused-ring (bicyclic) bond motifs is 1.